The highest BCUT2D eigenvalue weighted by Crippen LogP contribution is 2.36. The summed E-state index contributed by atoms with van der Waals surface area (Å²) in [5, 5.41) is 13.0. The van der Waals surface area contributed by atoms with Crippen LogP contribution in [-0.2, 0) is 19.7 Å². The van der Waals surface area contributed by atoms with Gasteiger partial charge < -0.3 is 15.4 Å². The van der Waals surface area contributed by atoms with E-state index in [1.165, 1.54) is 21.5 Å². The molecule has 0 fully saturated rings. The quantitative estimate of drug-likeness (QED) is 0.128. The minimum Gasteiger partial charge on any atom is -0.489 e. The zero-order valence-corrected chi connectivity index (χ0v) is 30.1. The number of nitrogens with one attached hydrogen (secondary N) is 2. The number of nitrogens with zero attached hydrogens (tertiary/aromatic N) is 4. The molecule has 0 bridgehead atoms. The number of rotatable bonds is 11. The van der Waals surface area contributed by atoms with Crippen molar-refractivity contribution in [1.29, 1.82) is 0 Å². The number of ether oxygens (including phenoxy) is 1. The lowest BCUT2D eigenvalue weighted by atomic mass is 9.92. The average molecular weight is 731 g/mol. The standard InChI is InChI=1S/C47H34N6O3/c54-46(52-27-30-10-18-42(50-25-30)40-8-1-3-20-48-40)36-22-37(47(55)53-28-31-11-19-43(51-26-31)41-9-2-4-21-49-41)24-38(23-36)56-29-35-15-14-34-13-12-32-6-5-7-33-16-17-39(35)45(34)44(32)33/h1-26H,27-29H2,(H,52,54)(H,53,55). The molecule has 9 nitrogen and oxygen atoms in total. The van der Waals surface area contributed by atoms with Gasteiger partial charge in [-0.05, 0) is 104 Å². The first kappa shape index (κ1) is 34.3. The summed E-state index contributed by atoms with van der Waals surface area (Å²) in [6, 6.07) is 42.9. The van der Waals surface area contributed by atoms with Crippen molar-refractivity contribution in [2.75, 3.05) is 0 Å². The minimum absolute atomic E-state index is 0.239. The van der Waals surface area contributed by atoms with E-state index in [2.05, 4.69) is 85.2 Å². The van der Waals surface area contributed by atoms with Gasteiger partial charge >= 0.3 is 0 Å². The molecule has 0 spiro atoms. The van der Waals surface area contributed by atoms with Crippen LogP contribution in [-0.4, -0.2) is 31.8 Å². The molecule has 270 valence electrons. The maximum Gasteiger partial charge on any atom is 0.251 e. The van der Waals surface area contributed by atoms with Gasteiger partial charge in [0, 0.05) is 49.0 Å². The normalized spacial score (nSPS) is 11.2. The van der Waals surface area contributed by atoms with Gasteiger partial charge in [-0.3, -0.25) is 29.5 Å². The van der Waals surface area contributed by atoms with Crippen LogP contribution in [0.5, 0.6) is 5.75 Å². The number of benzene rings is 5. The second-order valence-electron chi connectivity index (χ2n) is 13.5. The molecule has 2 N–H and O–H groups in total. The third-order valence-corrected chi connectivity index (χ3v) is 9.85. The first-order valence-electron chi connectivity index (χ1n) is 18.3. The van der Waals surface area contributed by atoms with Crippen LogP contribution in [0.25, 0.3) is 55.1 Å². The fourth-order valence-electron chi connectivity index (χ4n) is 6.99. The molecular weight excluding hydrogens is 697 g/mol. The van der Waals surface area contributed by atoms with Gasteiger partial charge in [0.05, 0.1) is 22.8 Å². The number of carbonyl (C=O) groups excluding carboxylic acids is 2. The maximum absolute atomic E-state index is 13.7. The van der Waals surface area contributed by atoms with E-state index in [1.54, 1.807) is 43.0 Å². The predicted molar refractivity (Wildman–Crippen MR) is 218 cm³/mol. The molecule has 0 atom stereocenters. The highest BCUT2D eigenvalue weighted by molar-refractivity contribution is 6.23. The Bertz CT molecular complexity index is 2700. The Morgan fingerprint density at radius 2 is 1.04 bits per heavy atom. The molecule has 5 aromatic carbocycles. The first-order chi connectivity index (χ1) is 27.6. The number of aromatic nitrogens is 4. The Kier molecular flexibility index (Phi) is 9.22. The Labute approximate surface area is 322 Å². The van der Waals surface area contributed by atoms with Gasteiger partial charge in [-0.25, -0.2) is 0 Å². The summed E-state index contributed by atoms with van der Waals surface area (Å²) < 4.78 is 6.41. The molecule has 9 aromatic rings. The van der Waals surface area contributed by atoms with Crippen molar-refractivity contribution < 1.29 is 14.3 Å². The van der Waals surface area contributed by atoms with Crippen LogP contribution in [0.1, 0.15) is 37.4 Å². The largest absolute Gasteiger partial charge is 0.489 e. The van der Waals surface area contributed by atoms with Crippen molar-refractivity contribution in [3.8, 4) is 28.5 Å². The third-order valence-electron chi connectivity index (χ3n) is 9.85. The van der Waals surface area contributed by atoms with Crippen molar-refractivity contribution in [3.05, 3.63) is 186 Å². The lowest BCUT2D eigenvalue weighted by molar-refractivity contribution is 0.0950. The second kappa shape index (κ2) is 15.1. The van der Waals surface area contributed by atoms with Gasteiger partial charge in [0.25, 0.3) is 11.8 Å². The molecule has 0 radical (unpaired) electrons. The monoisotopic (exact) mass is 730 g/mol. The van der Waals surface area contributed by atoms with Crippen molar-refractivity contribution in [2.45, 2.75) is 19.7 Å². The van der Waals surface area contributed by atoms with Crippen molar-refractivity contribution in [2.24, 2.45) is 0 Å². The van der Waals surface area contributed by atoms with Gasteiger partial charge in [0.2, 0.25) is 0 Å². The summed E-state index contributed by atoms with van der Waals surface area (Å²) >= 11 is 0. The van der Waals surface area contributed by atoms with Gasteiger partial charge in [-0.1, -0.05) is 78.9 Å². The fraction of sp³-hybridized carbons (Fsp3) is 0.0638. The van der Waals surface area contributed by atoms with Crippen LogP contribution in [0.3, 0.4) is 0 Å². The van der Waals surface area contributed by atoms with E-state index in [9.17, 15) is 9.59 Å². The van der Waals surface area contributed by atoms with Crippen LogP contribution in [0, 0.1) is 0 Å². The number of hydrogen-bond acceptors (Lipinski definition) is 7. The van der Waals surface area contributed by atoms with Crippen LogP contribution < -0.4 is 15.4 Å². The molecule has 0 aliphatic heterocycles. The summed E-state index contributed by atoms with van der Waals surface area (Å²) in [6.07, 6.45) is 6.89. The van der Waals surface area contributed by atoms with E-state index >= 15 is 0 Å². The zero-order chi connectivity index (χ0) is 37.8. The summed E-state index contributed by atoms with van der Waals surface area (Å²) in [5.74, 6) is -0.304. The molecule has 9 heteroatoms. The third kappa shape index (κ3) is 7.09. The Morgan fingerprint density at radius 3 is 1.57 bits per heavy atom. The summed E-state index contributed by atoms with van der Waals surface area (Å²) in [6.45, 7) is 0.721. The van der Waals surface area contributed by atoms with E-state index in [0.29, 0.717) is 16.9 Å². The maximum atomic E-state index is 13.7. The molecule has 0 saturated heterocycles. The number of pyridine rings is 4. The number of carbonyl (C=O) groups is 2. The van der Waals surface area contributed by atoms with Gasteiger partial charge in [0.1, 0.15) is 12.4 Å². The number of hydrogen-bond donors (Lipinski definition) is 2. The molecule has 0 aliphatic rings. The van der Waals surface area contributed by atoms with E-state index < -0.39 is 0 Å². The van der Waals surface area contributed by atoms with Crippen molar-refractivity contribution in [3.63, 3.8) is 0 Å². The average Bonchev–Trinajstić information content (AvgIpc) is 3.27. The number of amides is 2. The molecular formula is C47H34N6O3. The zero-order valence-electron chi connectivity index (χ0n) is 30.1. The van der Waals surface area contributed by atoms with E-state index in [-0.39, 0.29) is 31.5 Å². The molecule has 56 heavy (non-hydrogen) atoms. The smallest absolute Gasteiger partial charge is 0.251 e. The Morgan fingerprint density at radius 1 is 0.500 bits per heavy atom. The summed E-state index contributed by atoms with van der Waals surface area (Å²) in [4.78, 5) is 45.1. The molecule has 0 saturated carbocycles. The predicted octanol–water partition coefficient (Wildman–Crippen LogP) is 8.94. The molecule has 9 rings (SSSR count). The van der Waals surface area contributed by atoms with E-state index in [4.69, 9.17) is 4.74 Å². The fourth-order valence-corrected chi connectivity index (χ4v) is 6.99. The van der Waals surface area contributed by atoms with Gasteiger partial charge in [-0.15, -0.1) is 0 Å². The minimum atomic E-state index is -0.352. The topological polar surface area (TPSA) is 119 Å². The summed E-state index contributed by atoms with van der Waals surface area (Å²) in [5.41, 5.74) is 6.25. The molecule has 4 heterocycles. The molecule has 4 aromatic heterocycles. The highest BCUT2D eigenvalue weighted by Gasteiger charge is 2.16. The van der Waals surface area contributed by atoms with Crippen LogP contribution in [0.4, 0.5) is 0 Å². The highest BCUT2D eigenvalue weighted by atomic mass is 16.5. The van der Waals surface area contributed by atoms with E-state index in [1.807, 2.05) is 60.7 Å². The molecule has 0 unspecified atom stereocenters. The van der Waals surface area contributed by atoms with Crippen molar-refractivity contribution in [1.82, 2.24) is 30.6 Å². The lowest BCUT2D eigenvalue weighted by Gasteiger charge is -2.15. The van der Waals surface area contributed by atoms with E-state index in [0.717, 1.165) is 50.2 Å². The van der Waals surface area contributed by atoms with Crippen LogP contribution in [0.15, 0.2) is 158 Å². The first-order valence-corrected chi connectivity index (χ1v) is 18.3. The van der Waals surface area contributed by atoms with Crippen molar-refractivity contribution >= 4 is 44.1 Å². The summed E-state index contributed by atoms with van der Waals surface area (Å²) in [7, 11) is 0. The molecule has 2 amide bonds. The lowest BCUT2D eigenvalue weighted by Crippen LogP contribution is -2.25. The van der Waals surface area contributed by atoms with Gasteiger partial charge in [0.15, 0.2) is 0 Å². The molecule has 0 aliphatic carbocycles. The SMILES string of the molecule is O=C(NCc1ccc(-c2ccccn2)nc1)c1cc(OCc2ccc3ccc4cccc5ccc2c3c45)cc(C(=O)NCc2ccc(-c3ccccn3)nc2)c1. The second-order valence-corrected chi connectivity index (χ2v) is 13.5. The Hall–Kier alpha value is -7.52. The van der Waals surface area contributed by atoms with Gasteiger partial charge in [-0.2, -0.15) is 0 Å². The Balaban J connectivity index is 0.958. The van der Waals surface area contributed by atoms with Crippen LogP contribution >= 0.6 is 0 Å². The van der Waals surface area contributed by atoms with Crippen LogP contribution in [0.2, 0.25) is 0 Å².